The lowest BCUT2D eigenvalue weighted by Crippen LogP contribution is -2.28. The van der Waals surface area contributed by atoms with E-state index in [0.717, 1.165) is 45.7 Å². The molecule has 1 aliphatic heterocycles. The average molecular weight is 456 g/mol. The molecule has 0 bridgehead atoms. The van der Waals surface area contributed by atoms with E-state index in [4.69, 9.17) is 5.10 Å². The van der Waals surface area contributed by atoms with Crippen LogP contribution in [0.5, 0.6) is 0 Å². The number of allylic oxidation sites excluding steroid dienone is 1. The molecule has 2 aliphatic rings. The fourth-order valence-electron chi connectivity index (χ4n) is 3.58. The van der Waals surface area contributed by atoms with E-state index in [1.54, 1.807) is 27.7 Å². The van der Waals surface area contributed by atoms with Crippen LogP contribution < -0.4 is 0 Å². The van der Waals surface area contributed by atoms with Gasteiger partial charge in [0.15, 0.2) is 5.16 Å². The second-order valence-corrected chi connectivity index (χ2v) is 10.2. The predicted molar refractivity (Wildman–Crippen MR) is 122 cm³/mol. The van der Waals surface area contributed by atoms with Crippen molar-refractivity contribution in [3.8, 4) is 0 Å². The van der Waals surface area contributed by atoms with Crippen molar-refractivity contribution in [2.75, 3.05) is 5.75 Å². The van der Waals surface area contributed by atoms with E-state index >= 15 is 0 Å². The first-order valence-electron chi connectivity index (χ1n) is 9.88. The van der Waals surface area contributed by atoms with Gasteiger partial charge in [-0.2, -0.15) is 5.10 Å². The highest BCUT2D eigenvalue weighted by Crippen LogP contribution is 2.40. The van der Waals surface area contributed by atoms with Crippen LogP contribution in [-0.2, 0) is 11.3 Å². The number of carbonyl (C=O) groups excluding carboxylic acids is 1. The summed E-state index contributed by atoms with van der Waals surface area (Å²) in [6.07, 6.45) is 4.92. The molecule has 30 heavy (non-hydrogen) atoms. The van der Waals surface area contributed by atoms with Crippen molar-refractivity contribution in [3.63, 3.8) is 0 Å². The van der Waals surface area contributed by atoms with Gasteiger partial charge in [0, 0.05) is 23.8 Å². The number of aromatic nitrogens is 3. The van der Waals surface area contributed by atoms with Crippen LogP contribution in [0.4, 0.5) is 0 Å². The smallest absolute Gasteiger partial charge is 0.253 e. The Labute approximate surface area is 187 Å². The molecule has 1 fully saturated rings. The van der Waals surface area contributed by atoms with Gasteiger partial charge in [0.2, 0.25) is 0 Å². The Hall–Kier alpha value is -2.23. The van der Waals surface area contributed by atoms with Gasteiger partial charge in [0.25, 0.3) is 5.91 Å². The molecule has 4 heterocycles. The average Bonchev–Trinajstić information content (AvgIpc) is 3.25. The highest BCUT2D eigenvalue weighted by atomic mass is 32.2. The zero-order valence-electron chi connectivity index (χ0n) is 16.3. The minimum Gasteiger partial charge on any atom is -0.302 e. The zero-order valence-corrected chi connectivity index (χ0v) is 18.8. The van der Waals surface area contributed by atoms with E-state index in [0.29, 0.717) is 12.5 Å². The molecular weight excluding hydrogens is 434 g/mol. The molecule has 154 valence electrons. The predicted octanol–water partition coefficient (Wildman–Crippen LogP) is 4.93. The number of hydrazone groups is 1. The maximum atomic E-state index is 13.2. The minimum absolute atomic E-state index is 0.00826. The molecule has 1 amide bonds. The maximum Gasteiger partial charge on any atom is 0.253 e. The highest BCUT2D eigenvalue weighted by Gasteiger charge is 2.35. The van der Waals surface area contributed by atoms with Crippen molar-refractivity contribution in [3.05, 3.63) is 63.3 Å². The van der Waals surface area contributed by atoms with E-state index < -0.39 is 0 Å². The summed E-state index contributed by atoms with van der Waals surface area (Å²) in [5.41, 5.74) is 0.979. The van der Waals surface area contributed by atoms with Gasteiger partial charge in [-0.3, -0.25) is 4.79 Å². The van der Waals surface area contributed by atoms with Crippen LogP contribution in [0.3, 0.4) is 0 Å². The monoisotopic (exact) mass is 455 g/mol. The third-order valence-corrected chi connectivity index (χ3v) is 8.01. The number of carbonyl (C=O) groups is 1. The Morgan fingerprint density at radius 2 is 2.07 bits per heavy atom. The number of rotatable bonds is 8. The van der Waals surface area contributed by atoms with Gasteiger partial charge in [0.05, 0.1) is 22.4 Å². The van der Waals surface area contributed by atoms with Crippen molar-refractivity contribution in [2.24, 2.45) is 5.10 Å². The number of thioether (sulfide) groups is 1. The maximum absolute atomic E-state index is 13.2. The first kappa shape index (κ1) is 19.7. The van der Waals surface area contributed by atoms with Crippen molar-refractivity contribution >= 4 is 46.1 Å². The standard InChI is InChI=1S/C21H21N5OS3/c1-2-9-25-20(14-7-8-14)22-23-21(25)30-13-19(27)26-16(18-6-4-11-29-18)12-15(24-26)17-5-3-10-28-17/h2-6,10-11,14,16H,1,7-9,12-13H2. The summed E-state index contributed by atoms with van der Waals surface area (Å²) >= 11 is 4.76. The first-order valence-corrected chi connectivity index (χ1v) is 12.6. The molecule has 6 nitrogen and oxygen atoms in total. The second kappa shape index (κ2) is 8.49. The van der Waals surface area contributed by atoms with E-state index in [1.807, 2.05) is 29.0 Å². The van der Waals surface area contributed by atoms with E-state index in [1.165, 1.54) is 11.8 Å². The zero-order chi connectivity index (χ0) is 20.5. The third kappa shape index (κ3) is 3.89. The van der Waals surface area contributed by atoms with Gasteiger partial charge >= 0.3 is 0 Å². The van der Waals surface area contributed by atoms with E-state index in [9.17, 15) is 4.79 Å². The Morgan fingerprint density at radius 1 is 1.23 bits per heavy atom. The third-order valence-electron chi connectivity index (χ3n) is 5.17. The molecule has 1 saturated carbocycles. The van der Waals surface area contributed by atoms with Gasteiger partial charge in [-0.15, -0.1) is 39.4 Å². The summed E-state index contributed by atoms with van der Waals surface area (Å²) in [5.74, 6) is 1.79. The normalized spacial score (nSPS) is 18.6. The number of hydrogen-bond donors (Lipinski definition) is 0. The minimum atomic E-state index is -0.0386. The lowest BCUT2D eigenvalue weighted by molar-refractivity contribution is -0.130. The molecule has 1 atom stereocenters. The van der Waals surface area contributed by atoms with E-state index in [2.05, 4.69) is 33.5 Å². The van der Waals surface area contributed by atoms with Crippen molar-refractivity contribution in [1.29, 1.82) is 0 Å². The Kier molecular flexibility index (Phi) is 5.58. The fourth-order valence-corrected chi connectivity index (χ4v) is 5.92. The van der Waals surface area contributed by atoms with Crippen molar-refractivity contribution in [2.45, 2.75) is 42.9 Å². The number of hydrogen-bond acceptors (Lipinski definition) is 7. The number of nitrogens with zero attached hydrogens (tertiary/aromatic N) is 5. The number of thiophene rings is 2. The molecular formula is C21H21N5OS3. The Bertz CT molecular complexity index is 1070. The molecule has 1 unspecified atom stereocenters. The van der Waals surface area contributed by atoms with Crippen LogP contribution >= 0.6 is 34.4 Å². The quantitative estimate of drug-likeness (QED) is 0.357. The van der Waals surface area contributed by atoms with Crippen LogP contribution in [0, 0.1) is 0 Å². The summed E-state index contributed by atoms with van der Waals surface area (Å²) in [6.45, 7) is 4.51. The molecule has 5 rings (SSSR count). The second-order valence-electron chi connectivity index (χ2n) is 7.30. The van der Waals surface area contributed by atoms with Crippen LogP contribution in [0.2, 0.25) is 0 Å². The van der Waals surface area contributed by atoms with E-state index in [-0.39, 0.29) is 17.7 Å². The Balaban J connectivity index is 1.34. The molecule has 0 saturated heterocycles. The lowest BCUT2D eigenvalue weighted by atomic mass is 10.1. The summed E-state index contributed by atoms with van der Waals surface area (Å²) in [7, 11) is 0. The molecule has 0 spiro atoms. The number of amides is 1. The SMILES string of the molecule is C=CCn1c(SCC(=O)N2N=C(c3cccs3)CC2c2cccs2)nnc1C1CC1. The molecule has 9 heteroatoms. The molecule has 3 aromatic rings. The molecule has 3 aromatic heterocycles. The van der Waals surface area contributed by atoms with Crippen molar-refractivity contribution < 1.29 is 4.79 Å². The van der Waals surface area contributed by atoms with Crippen LogP contribution in [0.25, 0.3) is 0 Å². The Morgan fingerprint density at radius 3 is 2.77 bits per heavy atom. The van der Waals surface area contributed by atoms with Crippen LogP contribution in [0.15, 0.2) is 57.9 Å². The summed E-state index contributed by atoms with van der Waals surface area (Å²) < 4.78 is 2.09. The molecule has 0 aromatic carbocycles. The molecule has 0 radical (unpaired) electrons. The summed E-state index contributed by atoms with van der Waals surface area (Å²) in [4.78, 5) is 15.5. The van der Waals surface area contributed by atoms with Crippen LogP contribution in [0.1, 0.15) is 46.8 Å². The van der Waals surface area contributed by atoms with Crippen molar-refractivity contribution in [1.82, 2.24) is 19.8 Å². The highest BCUT2D eigenvalue weighted by molar-refractivity contribution is 7.99. The molecule has 0 N–H and O–H groups in total. The fraction of sp³-hybridized carbons (Fsp3) is 0.333. The van der Waals surface area contributed by atoms with Gasteiger partial charge in [-0.25, -0.2) is 5.01 Å². The summed E-state index contributed by atoms with van der Waals surface area (Å²) in [6, 6.07) is 8.15. The van der Waals surface area contributed by atoms with Crippen LogP contribution in [-0.4, -0.2) is 37.1 Å². The van der Waals surface area contributed by atoms with Gasteiger partial charge in [-0.05, 0) is 35.7 Å². The van der Waals surface area contributed by atoms with Gasteiger partial charge < -0.3 is 4.57 Å². The lowest BCUT2D eigenvalue weighted by Gasteiger charge is -2.20. The topological polar surface area (TPSA) is 63.4 Å². The summed E-state index contributed by atoms with van der Waals surface area (Å²) in [5, 5.41) is 20.0. The van der Waals surface area contributed by atoms with Gasteiger partial charge in [-0.1, -0.05) is 30.0 Å². The first-order chi connectivity index (χ1) is 14.7. The molecule has 1 aliphatic carbocycles. The van der Waals surface area contributed by atoms with Gasteiger partial charge in [0.1, 0.15) is 5.82 Å². The largest absolute Gasteiger partial charge is 0.302 e.